The van der Waals surface area contributed by atoms with E-state index in [2.05, 4.69) is 69.5 Å². The number of aromatic nitrogens is 6. The third-order valence-electron chi connectivity index (χ3n) is 9.16. The summed E-state index contributed by atoms with van der Waals surface area (Å²) in [5.41, 5.74) is 7.75. The molecule has 9 heteroatoms. The zero-order valence-electron chi connectivity index (χ0n) is 26.9. The summed E-state index contributed by atoms with van der Waals surface area (Å²) in [6, 6.07) is 24.3. The highest BCUT2D eigenvalue weighted by Crippen LogP contribution is 2.34. The summed E-state index contributed by atoms with van der Waals surface area (Å²) in [4.78, 5) is 27.2. The van der Waals surface area contributed by atoms with E-state index in [-0.39, 0.29) is 23.6 Å². The van der Waals surface area contributed by atoms with E-state index in [4.69, 9.17) is 4.74 Å². The number of hydrogen-bond acceptors (Lipinski definition) is 6. The lowest BCUT2D eigenvalue weighted by Gasteiger charge is -2.33. The van der Waals surface area contributed by atoms with Gasteiger partial charge in [-0.3, -0.25) is 9.48 Å². The van der Waals surface area contributed by atoms with Gasteiger partial charge in [-0.05, 0) is 84.7 Å². The highest BCUT2D eigenvalue weighted by molar-refractivity contribution is 5.91. The lowest BCUT2D eigenvalue weighted by molar-refractivity contribution is 0.0524. The van der Waals surface area contributed by atoms with Crippen LogP contribution in [0.5, 0.6) is 0 Å². The minimum atomic E-state index is -0.311. The molecule has 0 radical (unpaired) electrons. The molecule has 6 rings (SSSR count). The van der Waals surface area contributed by atoms with Gasteiger partial charge in [-0.2, -0.15) is 0 Å². The zero-order chi connectivity index (χ0) is 32.0. The smallest absolute Gasteiger partial charge is 0.338 e. The van der Waals surface area contributed by atoms with Crippen molar-refractivity contribution in [3.63, 3.8) is 0 Å². The van der Waals surface area contributed by atoms with E-state index in [0.717, 1.165) is 77.6 Å². The second-order valence-corrected chi connectivity index (χ2v) is 12.2. The standard InChI is InChI=1S/C37H42N6O3/c1-4-6-7-16-34-33(23-26-18-20-27(21-19-26)30-13-10-11-15-32(30)35-38-40-41-39-35)36(44)43-29(22-17-25(3)42(34)43)24-28-12-8-9-14-31(28)37(45)46-5-2/h8-15,18-21,25,29H,4-7,16-17,22-24H2,1-3H3,(H,38,39,40,41). The Bertz CT molecular complexity index is 1840. The zero-order valence-corrected chi connectivity index (χ0v) is 26.9. The first-order valence-electron chi connectivity index (χ1n) is 16.5. The molecule has 0 amide bonds. The maximum atomic E-state index is 14.4. The molecule has 0 aliphatic carbocycles. The summed E-state index contributed by atoms with van der Waals surface area (Å²) < 4.78 is 9.66. The van der Waals surface area contributed by atoms with E-state index in [9.17, 15) is 9.59 Å². The molecule has 1 aliphatic heterocycles. The average Bonchev–Trinajstić information content (AvgIpc) is 3.71. The van der Waals surface area contributed by atoms with Crippen LogP contribution in [0.25, 0.3) is 22.5 Å². The fourth-order valence-electron chi connectivity index (χ4n) is 6.88. The largest absolute Gasteiger partial charge is 0.462 e. The highest BCUT2D eigenvalue weighted by Gasteiger charge is 2.32. The Hall–Kier alpha value is -4.79. The van der Waals surface area contributed by atoms with Crippen molar-refractivity contribution < 1.29 is 9.53 Å². The van der Waals surface area contributed by atoms with Crippen LogP contribution in [-0.2, 0) is 24.0 Å². The molecule has 2 unspecified atom stereocenters. The van der Waals surface area contributed by atoms with Crippen LogP contribution in [0.3, 0.4) is 0 Å². The Balaban J connectivity index is 1.35. The molecule has 1 aliphatic rings. The van der Waals surface area contributed by atoms with Crippen molar-refractivity contribution in [2.75, 3.05) is 6.61 Å². The maximum absolute atomic E-state index is 14.4. The fourth-order valence-corrected chi connectivity index (χ4v) is 6.88. The van der Waals surface area contributed by atoms with Crippen LogP contribution in [0.15, 0.2) is 77.6 Å². The van der Waals surface area contributed by atoms with Gasteiger partial charge in [0.25, 0.3) is 5.56 Å². The van der Waals surface area contributed by atoms with Crippen LogP contribution >= 0.6 is 0 Å². The lowest BCUT2D eigenvalue weighted by Crippen LogP contribution is -2.35. The molecule has 3 heterocycles. The third-order valence-corrected chi connectivity index (χ3v) is 9.16. The number of esters is 1. The van der Waals surface area contributed by atoms with E-state index in [1.54, 1.807) is 0 Å². The van der Waals surface area contributed by atoms with Crippen molar-refractivity contribution in [3.8, 4) is 22.5 Å². The number of carbonyl (C=O) groups excluding carboxylic acids is 1. The number of H-pyrrole nitrogens is 1. The molecule has 0 saturated carbocycles. The van der Waals surface area contributed by atoms with Crippen LogP contribution in [-0.4, -0.2) is 42.6 Å². The van der Waals surface area contributed by atoms with Gasteiger partial charge in [0.2, 0.25) is 0 Å². The van der Waals surface area contributed by atoms with Gasteiger partial charge in [-0.1, -0.05) is 86.5 Å². The van der Waals surface area contributed by atoms with Gasteiger partial charge < -0.3 is 4.74 Å². The van der Waals surface area contributed by atoms with Crippen LogP contribution in [0.2, 0.25) is 0 Å². The second-order valence-electron chi connectivity index (χ2n) is 12.2. The summed E-state index contributed by atoms with van der Waals surface area (Å²) in [6.07, 6.45) is 7.20. The van der Waals surface area contributed by atoms with E-state index in [0.29, 0.717) is 30.8 Å². The maximum Gasteiger partial charge on any atom is 0.338 e. The van der Waals surface area contributed by atoms with Crippen molar-refractivity contribution in [3.05, 3.63) is 111 Å². The van der Waals surface area contributed by atoms with Crippen molar-refractivity contribution in [1.82, 2.24) is 30.0 Å². The number of tetrazole rings is 1. The van der Waals surface area contributed by atoms with Gasteiger partial charge in [-0.15, -0.1) is 5.10 Å². The van der Waals surface area contributed by atoms with Gasteiger partial charge in [0, 0.05) is 29.3 Å². The molecule has 2 atom stereocenters. The van der Waals surface area contributed by atoms with Gasteiger partial charge in [0.1, 0.15) is 0 Å². The van der Waals surface area contributed by atoms with Gasteiger partial charge >= 0.3 is 5.97 Å². The van der Waals surface area contributed by atoms with Crippen molar-refractivity contribution in [1.29, 1.82) is 0 Å². The summed E-state index contributed by atoms with van der Waals surface area (Å²) in [7, 11) is 0. The Morgan fingerprint density at radius 1 is 0.935 bits per heavy atom. The molecule has 3 aromatic carbocycles. The lowest BCUT2D eigenvalue weighted by atomic mass is 9.95. The molecule has 5 aromatic rings. The van der Waals surface area contributed by atoms with E-state index >= 15 is 0 Å². The first-order valence-corrected chi connectivity index (χ1v) is 16.5. The molecule has 46 heavy (non-hydrogen) atoms. The first kappa shape index (κ1) is 31.2. The number of nitrogens with one attached hydrogen (secondary N) is 1. The van der Waals surface area contributed by atoms with Crippen molar-refractivity contribution in [2.24, 2.45) is 0 Å². The van der Waals surface area contributed by atoms with Crippen molar-refractivity contribution >= 4 is 5.97 Å². The average molecular weight is 619 g/mol. The molecule has 2 aromatic heterocycles. The van der Waals surface area contributed by atoms with Crippen LogP contribution in [0.1, 0.15) is 97.7 Å². The minimum Gasteiger partial charge on any atom is -0.462 e. The Morgan fingerprint density at radius 3 is 2.43 bits per heavy atom. The van der Waals surface area contributed by atoms with Crippen LogP contribution in [0, 0.1) is 0 Å². The first-order chi connectivity index (χ1) is 22.5. The number of carbonyl (C=O) groups is 1. The Kier molecular flexibility index (Phi) is 9.57. The number of fused-ring (bicyclic) bond motifs is 1. The quantitative estimate of drug-likeness (QED) is 0.118. The molecule has 0 bridgehead atoms. The number of nitrogens with zero attached hydrogens (tertiary/aromatic N) is 5. The summed E-state index contributed by atoms with van der Waals surface area (Å²) in [6.45, 7) is 6.58. The summed E-state index contributed by atoms with van der Waals surface area (Å²) >= 11 is 0. The van der Waals surface area contributed by atoms with Crippen LogP contribution in [0.4, 0.5) is 0 Å². The highest BCUT2D eigenvalue weighted by atomic mass is 16.5. The van der Waals surface area contributed by atoms with E-state index in [1.165, 1.54) is 0 Å². The van der Waals surface area contributed by atoms with Crippen LogP contribution < -0.4 is 5.56 Å². The molecule has 0 spiro atoms. The molecule has 238 valence electrons. The Labute approximate surface area is 269 Å². The van der Waals surface area contributed by atoms with E-state index < -0.39 is 0 Å². The number of ether oxygens (including phenoxy) is 1. The normalized spacial score (nSPS) is 15.9. The second kappa shape index (κ2) is 14.1. The minimum absolute atomic E-state index is 0.0394. The van der Waals surface area contributed by atoms with Crippen molar-refractivity contribution in [2.45, 2.75) is 84.2 Å². The fraction of sp³-hybridized carbons (Fsp3) is 0.378. The molecular formula is C37H42N6O3. The van der Waals surface area contributed by atoms with Gasteiger partial charge in [0.05, 0.1) is 18.2 Å². The number of unbranched alkanes of at least 4 members (excludes halogenated alkanes) is 2. The molecule has 0 saturated heterocycles. The molecule has 0 fully saturated rings. The van der Waals surface area contributed by atoms with Gasteiger partial charge in [-0.25, -0.2) is 14.6 Å². The third kappa shape index (κ3) is 6.32. The monoisotopic (exact) mass is 618 g/mol. The number of aromatic amines is 1. The molecule has 1 N–H and O–H groups in total. The SMILES string of the molecule is CCCCCc1c(Cc2ccc(-c3ccccc3-c3nnn[nH]3)cc2)c(=O)n2n1C(C)CCC2Cc1ccccc1C(=O)OCC. The predicted octanol–water partition coefficient (Wildman–Crippen LogP) is 7.14. The molecular weight excluding hydrogens is 576 g/mol. The molecule has 9 nitrogen and oxygen atoms in total. The number of hydrogen-bond donors (Lipinski definition) is 1. The Morgan fingerprint density at radius 2 is 1.70 bits per heavy atom. The van der Waals surface area contributed by atoms with E-state index in [1.807, 2.05) is 54.1 Å². The number of rotatable bonds is 12. The van der Waals surface area contributed by atoms with Gasteiger partial charge in [0.15, 0.2) is 5.82 Å². The predicted molar refractivity (Wildman–Crippen MR) is 179 cm³/mol. The topological polar surface area (TPSA) is 108 Å². The summed E-state index contributed by atoms with van der Waals surface area (Å²) in [5, 5.41) is 14.5. The summed E-state index contributed by atoms with van der Waals surface area (Å²) in [5.74, 6) is 0.312. The number of benzene rings is 3.